The van der Waals surface area contributed by atoms with E-state index in [-0.39, 0.29) is 31.6 Å². The van der Waals surface area contributed by atoms with Gasteiger partial charge in [0.05, 0.1) is 12.4 Å². The van der Waals surface area contributed by atoms with Gasteiger partial charge in [-0.25, -0.2) is 17.9 Å². The SMILES string of the molecule is CC[C@@H](NS(=O)(=O)CCCOCn1ccc(=O)[nH]c1=O)c1cccc(OCC2CC2)c1. The first-order chi connectivity index (χ1) is 14.9. The Balaban J connectivity index is 1.46. The fraction of sp³-hybridized carbons (Fsp3) is 0.524. The molecule has 2 aromatic rings. The summed E-state index contributed by atoms with van der Waals surface area (Å²) < 4.78 is 40.1. The highest BCUT2D eigenvalue weighted by Gasteiger charge is 2.22. The Morgan fingerprint density at radius 3 is 2.77 bits per heavy atom. The molecule has 9 nitrogen and oxygen atoms in total. The Bertz CT molecular complexity index is 1070. The average Bonchev–Trinajstić information content (AvgIpc) is 3.56. The molecule has 0 aliphatic heterocycles. The normalized spacial score (nSPS) is 15.0. The molecule has 31 heavy (non-hydrogen) atoms. The molecule has 1 aromatic carbocycles. The van der Waals surface area contributed by atoms with Gasteiger partial charge in [-0.2, -0.15) is 0 Å². The number of rotatable bonds is 13. The molecule has 1 aromatic heterocycles. The molecule has 10 heteroatoms. The number of hydrogen-bond acceptors (Lipinski definition) is 6. The van der Waals surface area contributed by atoms with E-state index in [0.717, 1.165) is 11.3 Å². The maximum absolute atomic E-state index is 12.5. The standard InChI is InChI=1S/C21H29N3O6S/c1-2-19(17-5-3-6-18(13-17)30-14-16-7-8-16)23-31(27,28)12-4-11-29-15-24-10-9-20(25)22-21(24)26/h3,5-6,9-10,13,16,19,23H,2,4,7-8,11-12,14-15H2,1H3,(H,22,25,26)/t19-/m1/s1. The first-order valence-electron chi connectivity index (χ1n) is 10.5. The van der Waals surface area contributed by atoms with Crippen LogP contribution in [0.2, 0.25) is 0 Å². The van der Waals surface area contributed by atoms with Crippen LogP contribution in [0.3, 0.4) is 0 Å². The zero-order valence-electron chi connectivity index (χ0n) is 17.6. The smallest absolute Gasteiger partial charge is 0.330 e. The van der Waals surface area contributed by atoms with E-state index < -0.39 is 21.3 Å². The van der Waals surface area contributed by atoms with Crippen LogP contribution in [0.4, 0.5) is 0 Å². The predicted octanol–water partition coefficient (Wildman–Crippen LogP) is 1.76. The third-order valence-corrected chi connectivity index (χ3v) is 6.47. The molecule has 0 spiro atoms. The number of nitrogens with one attached hydrogen (secondary N) is 2. The van der Waals surface area contributed by atoms with Crippen LogP contribution in [0.15, 0.2) is 46.1 Å². The van der Waals surface area contributed by atoms with E-state index in [1.54, 1.807) is 0 Å². The van der Waals surface area contributed by atoms with Crippen molar-refractivity contribution in [2.75, 3.05) is 19.0 Å². The van der Waals surface area contributed by atoms with Crippen molar-refractivity contribution in [3.63, 3.8) is 0 Å². The second kappa shape index (κ2) is 10.7. The van der Waals surface area contributed by atoms with Crippen molar-refractivity contribution in [3.8, 4) is 5.75 Å². The molecule has 0 radical (unpaired) electrons. The lowest BCUT2D eigenvalue weighted by Gasteiger charge is -2.18. The van der Waals surface area contributed by atoms with Crippen LogP contribution < -0.4 is 20.7 Å². The average molecular weight is 452 g/mol. The summed E-state index contributed by atoms with van der Waals surface area (Å²) in [5, 5.41) is 0. The van der Waals surface area contributed by atoms with Gasteiger partial charge in [-0.1, -0.05) is 19.1 Å². The molecule has 0 bridgehead atoms. The van der Waals surface area contributed by atoms with Crippen molar-refractivity contribution >= 4 is 10.0 Å². The Morgan fingerprint density at radius 1 is 1.26 bits per heavy atom. The van der Waals surface area contributed by atoms with E-state index in [4.69, 9.17) is 9.47 Å². The van der Waals surface area contributed by atoms with E-state index >= 15 is 0 Å². The third kappa shape index (κ3) is 7.64. The van der Waals surface area contributed by atoms with Crippen LogP contribution in [0.25, 0.3) is 0 Å². The third-order valence-electron chi connectivity index (χ3n) is 5.00. The van der Waals surface area contributed by atoms with E-state index in [9.17, 15) is 18.0 Å². The number of aromatic amines is 1. The van der Waals surface area contributed by atoms with E-state index in [2.05, 4.69) is 9.71 Å². The predicted molar refractivity (Wildman–Crippen MR) is 117 cm³/mol. The minimum absolute atomic E-state index is 0.0612. The Morgan fingerprint density at radius 2 is 2.06 bits per heavy atom. The summed E-state index contributed by atoms with van der Waals surface area (Å²) in [6.45, 7) is 2.73. The van der Waals surface area contributed by atoms with Crippen molar-refractivity contribution in [1.29, 1.82) is 0 Å². The minimum atomic E-state index is -3.52. The number of benzene rings is 1. The molecule has 1 fully saturated rings. The molecule has 170 valence electrons. The maximum atomic E-state index is 12.5. The zero-order valence-corrected chi connectivity index (χ0v) is 18.4. The number of ether oxygens (including phenoxy) is 2. The largest absolute Gasteiger partial charge is 0.493 e. The second-order valence-corrected chi connectivity index (χ2v) is 9.57. The molecule has 0 unspecified atom stereocenters. The van der Waals surface area contributed by atoms with Crippen LogP contribution >= 0.6 is 0 Å². The molecule has 1 atom stereocenters. The monoisotopic (exact) mass is 451 g/mol. The molecular weight excluding hydrogens is 422 g/mol. The molecule has 0 saturated heterocycles. The highest BCUT2D eigenvalue weighted by Crippen LogP contribution is 2.30. The lowest BCUT2D eigenvalue weighted by molar-refractivity contribution is 0.0744. The molecule has 1 aliphatic carbocycles. The fourth-order valence-electron chi connectivity index (χ4n) is 3.04. The fourth-order valence-corrected chi connectivity index (χ4v) is 4.39. The number of H-pyrrole nitrogens is 1. The number of sulfonamides is 1. The number of aromatic nitrogens is 2. The highest BCUT2D eigenvalue weighted by molar-refractivity contribution is 7.89. The zero-order chi connectivity index (χ0) is 22.3. The molecule has 0 amide bonds. The van der Waals surface area contributed by atoms with Gasteiger partial charge in [0.15, 0.2) is 0 Å². The number of nitrogens with zero attached hydrogens (tertiary/aromatic N) is 1. The van der Waals surface area contributed by atoms with Gasteiger partial charge in [-0.05, 0) is 49.3 Å². The maximum Gasteiger partial charge on any atom is 0.330 e. The quantitative estimate of drug-likeness (QED) is 0.448. The first-order valence-corrected chi connectivity index (χ1v) is 12.1. The van der Waals surface area contributed by atoms with Crippen LogP contribution in [-0.2, 0) is 21.5 Å². The summed E-state index contributed by atoms with van der Waals surface area (Å²) in [5.74, 6) is 1.31. The van der Waals surface area contributed by atoms with E-state index in [0.29, 0.717) is 18.9 Å². The summed E-state index contributed by atoms with van der Waals surface area (Å²) in [7, 11) is -3.52. The molecular formula is C21H29N3O6S. The molecule has 1 saturated carbocycles. The Hall–Kier alpha value is -2.43. The van der Waals surface area contributed by atoms with Gasteiger partial charge in [-0.3, -0.25) is 14.3 Å². The molecule has 1 aliphatic rings. The summed E-state index contributed by atoms with van der Waals surface area (Å²) in [4.78, 5) is 24.7. The minimum Gasteiger partial charge on any atom is -0.493 e. The van der Waals surface area contributed by atoms with Crippen molar-refractivity contribution < 1.29 is 17.9 Å². The van der Waals surface area contributed by atoms with Crippen molar-refractivity contribution in [2.24, 2.45) is 5.92 Å². The molecule has 2 N–H and O–H groups in total. The van der Waals surface area contributed by atoms with Crippen LogP contribution in [-0.4, -0.2) is 36.9 Å². The van der Waals surface area contributed by atoms with Crippen LogP contribution in [0.5, 0.6) is 5.75 Å². The van der Waals surface area contributed by atoms with Gasteiger partial charge in [0.1, 0.15) is 12.5 Å². The van der Waals surface area contributed by atoms with Gasteiger partial charge in [0.25, 0.3) is 5.56 Å². The lowest BCUT2D eigenvalue weighted by atomic mass is 10.1. The highest BCUT2D eigenvalue weighted by atomic mass is 32.2. The lowest BCUT2D eigenvalue weighted by Crippen LogP contribution is -2.31. The van der Waals surface area contributed by atoms with Gasteiger partial charge < -0.3 is 9.47 Å². The number of hydrogen-bond donors (Lipinski definition) is 2. The van der Waals surface area contributed by atoms with Crippen LogP contribution in [0, 0.1) is 5.92 Å². The van der Waals surface area contributed by atoms with Crippen molar-refractivity contribution in [2.45, 2.75) is 45.4 Å². The summed E-state index contributed by atoms with van der Waals surface area (Å²) in [6, 6.07) is 8.43. The van der Waals surface area contributed by atoms with Gasteiger partial charge in [0.2, 0.25) is 10.0 Å². The molecule has 3 rings (SSSR count). The van der Waals surface area contributed by atoms with Crippen molar-refractivity contribution in [3.05, 3.63) is 62.9 Å². The van der Waals surface area contributed by atoms with E-state index in [1.807, 2.05) is 31.2 Å². The molecule has 1 heterocycles. The van der Waals surface area contributed by atoms with Gasteiger partial charge >= 0.3 is 5.69 Å². The van der Waals surface area contributed by atoms with Crippen molar-refractivity contribution in [1.82, 2.24) is 14.3 Å². The summed E-state index contributed by atoms with van der Waals surface area (Å²) in [6.07, 6.45) is 4.63. The second-order valence-electron chi connectivity index (χ2n) is 7.70. The van der Waals surface area contributed by atoms with E-state index in [1.165, 1.54) is 29.7 Å². The summed E-state index contributed by atoms with van der Waals surface area (Å²) in [5.41, 5.74) is -0.187. The topological polar surface area (TPSA) is 119 Å². The van der Waals surface area contributed by atoms with Gasteiger partial charge in [-0.15, -0.1) is 0 Å². The van der Waals surface area contributed by atoms with Gasteiger partial charge in [0, 0.05) is 24.9 Å². The van der Waals surface area contributed by atoms with Crippen LogP contribution in [0.1, 0.15) is 44.2 Å². The first kappa shape index (κ1) is 23.2. The Kier molecular flexibility index (Phi) is 8.05. The Labute approximate surface area is 181 Å². The summed E-state index contributed by atoms with van der Waals surface area (Å²) >= 11 is 0.